The van der Waals surface area contributed by atoms with Crippen molar-refractivity contribution < 1.29 is 13.7 Å². The van der Waals surface area contributed by atoms with E-state index in [-0.39, 0.29) is 0 Å². The first-order valence-electron chi connectivity index (χ1n) is 19.0. The van der Waals surface area contributed by atoms with Crippen LogP contribution in [0.15, 0.2) is 219 Å². The van der Waals surface area contributed by atoms with Gasteiger partial charge in [-0.05, 0) is 71.8 Å². The van der Waals surface area contributed by atoms with E-state index in [1.807, 2.05) is 12.1 Å². The molecule has 3 heterocycles. The lowest BCUT2D eigenvalue weighted by molar-refractivity contribution is -0.858. The van der Waals surface area contributed by atoms with Crippen molar-refractivity contribution in [2.75, 3.05) is 0 Å². The molecule has 0 saturated heterocycles. The maximum atomic E-state index is 2.39. The molecule has 11 aromatic rings. The second kappa shape index (κ2) is 13.0. The van der Waals surface area contributed by atoms with Gasteiger partial charge in [0.1, 0.15) is 0 Å². The first-order chi connectivity index (χ1) is 27.8. The van der Waals surface area contributed by atoms with Gasteiger partial charge in [-0.15, -0.1) is 0 Å². The summed E-state index contributed by atoms with van der Waals surface area (Å²) in [5.74, 6) is 0. The molecule has 262 valence electrons. The molecule has 0 amide bonds. The van der Waals surface area contributed by atoms with Gasteiger partial charge in [0.05, 0.1) is 22.1 Å². The molecule has 0 saturated carbocycles. The van der Waals surface area contributed by atoms with Crippen molar-refractivity contribution in [3.8, 4) is 39.6 Å². The molecule has 0 radical (unpaired) electrons. The normalized spacial score (nSPS) is 11.6. The maximum Gasteiger partial charge on any atom is 0.428 e. The quantitative estimate of drug-likeness (QED) is 0.153. The van der Waals surface area contributed by atoms with Crippen molar-refractivity contribution in [3.63, 3.8) is 0 Å². The van der Waals surface area contributed by atoms with Crippen molar-refractivity contribution >= 4 is 43.6 Å². The second-order valence-corrected chi connectivity index (χ2v) is 14.3. The van der Waals surface area contributed by atoms with E-state index in [9.17, 15) is 0 Å². The minimum atomic E-state index is 1.07. The molecule has 0 spiro atoms. The van der Waals surface area contributed by atoms with Crippen LogP contribution in [0.1, 0.15) is 0 Å². The molecule has 0 aliphatic carbocycles. The highest BCUT2D eigenvalue weighted by molar-refractivity contribution is 6.12. The van der Waals surface area contributed by atoms with E-state index in [4.69, 9.17) is 0 Å². The van der Waals surface area contributed by atoms with Gasteiger partial charge in [0.15, 0.2) is 0 Å². The van der Waals surface area contributed by atoms with Crippen LogP contribution in [0.25, 0.3) is 83.2 Å². The fourth-order valence-electron chi connectivity index (χ4n) is 8.30. The van der Waals surface area contributed by atoms with Crippen LogP contribution in [0, 0.1) is 0 Å². The summed E-state index contributed by atoms with van der Waals surface area (Å²) in [6.45, 7) is 0. The fraction of sp³-hybridized carbons (Fsp3) is 0. The fourth-order valence-corrected chi connectivity index (χ4v) is 8.30. The number of fused-ring (bicyclic) bond motifs is 6. The lowest BCUT2D eigenvalue weighted by atomic mass is 10.0. The lowest BCUT2D eigenvalue weighted by Crippen LogP contribution is -2.55. The molecule has 0 aliphatic heterocycles. The van der Waals surface area contributed by atoms with E-state index < -0.39 is 0 Å². The van der Waals surface area contributed by atoms with Gasteiger partial charge in [0.2, 0.25) is 17.1 Å². The third kappa shape index (κ3) is 5.29. The average molecular weight is 719 g/mol. The van der Waals surface area contributed by atoms with Crippen molar-refractivity contribution in [2.24, 2.45) is 0 Å². The number of rotatable bonds is 6. The molecule has 0 N–H and O–H groups in total. The minimum absolute atomic E-state index is 1.07. The molecule has 0 atom stereocenters. The van der Waals surface area contributed by atoms with Crippen LogP contribution in [0.5, 0.6) is 0 Å². The molecule has 5 nitrogen and oxygen atoms in total. The van der Waals surface area contributed by atoms with Gasteiger partial charge < -0.3 is 9.13 Å². The highest BCUT2D eigenvalue weighted by atomic mass is 15.2. The zero-order valence-electron chi connectivity index (χ0n) is 30.5. The van der Waals surface area contributed by atoms with Gasteiger partial charge in [-0.2, -0.15) is 0 Å². The summed E-state index contributed by atoms with van der Waals surface area (Å²) in [4.78, 5) is 0. The van der Waals surface area contributed by atoms with Gasteiger partial charge in [-0.1, -0.05) is 117 Å². The zero-order valence-corrected chi connectivity index (χ0v) is 30.5. The number of nitrogens with zero attached hydrogens (tertiary/aromatic N) is 5. The standard InChI is InChI=1S/C51H36N5/c1-4-14-39(15-5-1)52-34-53(40-16-6-2-7-17-40)36-54(35-52)41-26-28-43(29-27-41)56-49-23-13-11-21-45(49)47-33-38(25-31-51(47)56)37-24-30-50-46(32-37)44-20-10-12-22-48(44)55(50)42-18-8-3-9-19-42/h1-36H/q+3. The van der Waals surface area contributed by atoms with Crippen molar-refractivity contribution in [1.82, 2.24) is 9.13 Å². The van der Waals surface area contributed by atoms with E-state index in [0.29, 0.717) is 0 Å². The molecular formula is C51H36N5+3. The Labute approximate surface area is 324 Å². The van der Waals surface area contributed by atoms with Gasteiger partial charge in [0, 0.05) is 69.3 Å². The molecule has 0 bridgehead atoms. The Hall–Kier alpha value is -7.63. The van der Waals surface area contributed by atoms with Gasteiger partial charge in [-0.3, -0.25) is 0 Å². The first kappa shape index (κ1) is 31.9. The lowest BCUT2D eigenvalue weighted by Gasteiger charge is -2.09. The molecule has 0 unspecified atom stereocenters. The topological polar surface area (TPSA) is 21.5 Å². The molecule has 3 aromatic heterocycles. The van der Waals surface area contributed by atoms with Crippen LogP contribution < -0.4 is 13.7 Å². The number of aromatic nitrogens is 5. The number of hydrogen-bond donors (Lipinski definition) is 0. The molecular weight excluding hydrogens is 683 g/mol. The molecule has 56 heavy (non-hydrogen) atoms. The van der Waals surface area contributed by atoms with E-state index in [0.717, 1.165) is 22.7 Å². The predicted octanol–water partition coefficient (Wildman–Crippen LogP) is 10.4. The second-order valence-electron chi connectivity index (χ2n) is 14.3. The van der Waals surface area contributed by atoms with E-state index in [1.54, 1.807) is 0 Å². The molecule has 0 fully saturated rings. The van der Waals surface area contributed by atoms with Gasteiger partial charge >= 0.3 is 19.0 Å². The summed E-state index contributed by atoms with van der Waals surface area (Å²) >= 11 is 0. The molecule has 0 aliphatic rings. The van der Waals surface area contributed by atoms with Gasteiger partial charge in [0.25, 0.3) is 0 Å². The van der Waals surface area contributed by atoms with E-state index in [2.05, 4.69) is 230 Å². The Kier molecular flexibility index (Phi) is 7.42. The van der Waals surface area contributed by atoms with E-state index in [1.165, 1.54) is 60.4 Å². The summed E-state index contributed by atoms with van der Waals surface area (Å²) < 4.78 is 11.2. The van der Waals surface area contributed by atoms with Crippen LogP contribution in [0.4, 0.5) is 0 Å². The largest absolute Gasteiger partial charge is 0.428 e. The number of para-hydroxylation sites is 5. The summed E-state index contributed by atoms with van der Waals surface area (Å²) in [5.41, 5.74) is 12.7. The Bertz CT molecular complexity index is 3160. The summed E-state index contributed by atoms with van der Waals surface area (Å²) in [5, 5.41) is 4.98. The smallest absolute Gasteiger partial charge is 0.309 e. The number of benzene rings is 8. The highest BCUT2D eigenvalue weighted by Gasteiger charge is 2.25. The Morgan fingerprint density at radius 3 is 1.09 bits per heavy atom. The van der Waals surface area contributed by atoms with E-state index >= 15 is 0 Å². The van der Waals surface area contributed by atoms with Crippen LogP contribution in [0.2, 0.25) is 0 Å². The van der Waals surface area contributed by atoms with Crippen molar-refractivity contribution in [1.29, 1.82) is 0 Å². The van der Waals surface area contributed by atoms with Crippen LogP contribution >= 0.6 is 0 Å². The molecule has 11 rings (SSSR count). The summed E-state index contributed by atoms with van der Waals surface area (Å²) in [6, 6.07) is 71.7. The monoisotopic (exact) mass is 718 g/mol. The Morgan fingerprint density at radius 2 is 0.625 bits per heavy atom. The summed E-state index contributed by atoms with van der Waals surface area (Å²) in [6.07, 6.45) is 6.37. The SMILES string of the molecule is c1ccc(-n2c3ccccc3c3cc(-c4ccc5c(c4)c4ccccc4n5-c4ccc(-[n+]5c[n+](-c6ccccc6)c[n+](-c6ccccc6)c5)cc4)ccc32)cc1. The van der Waals surface area contributed by atoms with Crippen LogP contribution in [-0.2, 0) is 0 Å². The van der Waals surface area contributed by atoms with Crippen molar-refractivity contribution in [2.45, 2.75) is 0 Å². The maximum absolute atomic E-state index is 2.39. The first-order valence-corrected chi connectivity index (χ1v) is 19.0. The Morgan fingerprint density at radius 1 is 0.268 bits per heavy atom. The van der Waals surface area contributed by atoms with Crippen LogP contribution in [0.3, 0.4) is 0 Å². The summed E-state index contributed by atoms with van der Waals surface area (Å²) in [7, 11) is 0. The average Bonchev–Trinajstić information content (AvgIpc) is 3.79. The van der Waals surface area contributed by atoms with Crippen LogP contribution in [-0.4, -0.2) is 9.13 Å². The highest BCUT2D eigenvalue weighted by Crippen LogP contribution is 2.38. The minimum Gasteiger partial charge on any atom is -0.309 e. The van der Waals surface area contributed by atoms with Crippen molar-refractivity contribution in [3.05, 3.63) is 219 Å². The predicted molar refractivity (Wildman–Crippen MR) is 225 cm³/mol. The molecule has 5 heteroatoms. The zero-order chi connectivity index (χ0) is 37.0. The number of hydrogen-bond acceptors (Lipinski definition) is 0. The third-order valence-corrected chi connectivity index (χ3v) is 11.0. The Balaban J connectivity index is 1.01. The molecule has 8 aromatic carbocycles. The van der Waals surface area contributed by atoms with Gasteiger partial charge in [-0.25, -0.2) is 0 Å². The third-order valence-electron chi connectivity index (χ3n) is 11.0.